The predicted molar refractivity (Wildman–Crippen MR) is 151 cm³/mol. The van der Waals surface area contributed by atoms with E-state index in [9.17, 15) is 4.79 Å². The van der Waals surface area contributed by atoms with Gasteiger partial charge < -0.3 is 0 Å². The zero-order valence-corrected chi connectivity index (χ0v) is 20.8. The molecule has 1 aromatic heterocycles. The summed E-state index contributed by atoms with van der Waals surface area (Å²) >= 11 is 0. The maximum atomic E-state index is 12.1. The van der Waals surface area contributed by atoms with Crippen LogP contribution in [0.15, 0.2) is 103 Å². The molecule has 182 valence electrons. The first-order valence-electron chi connectivity index (χ1n) is 12.1. The maximum absolute atomic E-state index is 12.1. The van der Waals surface area contributed by atoms with Gasteiger partial charge in [-0.05, 0) is 74.8 Å². The van der Waals surface area contributed by atoms with Crippen molar-refractivity contribution < 1.29 is 4.79 Å². The molecule has 1 heterocycles. The number of rotatable bonds is 6. The summed E-state index contributed by atoms with van der Waals surface area (Å²) in [6.45, 7) is 8.05. The molecule has 0 saturated carbocycles. The van der Waals surface area contributed by atoms with Gasteiger partial charge in [0.15, 0.2) is 5.78 Å². The van der Waals surface area contributed by atoms with Gasteiger partial charge in [-0.2, -0.15) is 0 Å². The van der Waals surface area contributed by atoms with E-state index in [1.807, 2.05) is 24.4 Å². The molecule has 1 aliphatic carbocycles. The molecule has 0 aliphatic heterocycles. The van der Waals surface area contributed by atoms with E-state index < -0.39 is 0 Å². The molecular formula is C33H39NO. The van der Waals surface area contributed by atoms with E-state index >= 15 is 0 Å². The topological polar surface area (TPSA) is 30.0 Å². The fourth-order valence-corrected chi connectivity index (χ4v) is 4.05. The molecule has 1 aliphatic rings. The summed E-state index contributed by atoms with van der Waals surface area (Å²) in [5, 5.41) is 0. The van der Waals surface area contributed by atoms with Gasteiger partial charge in [0.25, 0.3) is 0 Å². The molecule has 1 unspecified atom stereocenters. The van der Waals surface area contributed by atoms with Crippen LogP contribution in [-0.4, -0.2) is 10.8 Å². The van der Waals surface area contributed by atoms with Gasteiger partial charge in [-0.15, -0.1) is 0 Å². The SMILES string of the molecule is C.CC(=O)c1ccc(-c2cccc(C)c2)cc1C(C)CCc1ccccn1.CC1=CC=CCC=C1. The largest absolute Gasteiger partial charge is 0.295 e. The highest BCUT2D eigenvalue weighted by molar-refractivity contribution is 5.96. The Kier molecular flexibility index (Phi) is 11.1. The molecule has 0 saturated heterocycles. The summed E-state index contributed by atoms with van der Waals surface area (Å²) in [5.74, 6) is 0.418. The number of ketones is 1. The Morgan fingerprint density at radius 3 is 2.49 bits per heavy atom. The first-order chi connectivity index (χ1) is 16.4. The zero-order chi connectivity index (χ0) is 24.3. The Hall–Kier alpha value is -3.52. The molecule has 2 heteroatoms. The van der Waals surface area contributed by atoms with Crippen LogP contribution in [0.25, 0.3) is 11.1 Å². The summed E-state index contributed by atoms with van der Waals surface area (Å²) in [6.07, 6.45) is 15.4. The molecule has 35 heavy (non-hydrogen) atoms. The number of aromatic nitrogens is 1. The van der Waals surface area contributed by atoms with Crippen LogP contribution >= 0.6 is 0 Å². The number of nitrogens with zero attached hydrogens (tertiary/aromatic N) is 1. The molecular weight excluding hydrogens is 426 g/mol. The second-order valence-electron chi connectivity index (χ2n) is 8.97. The molecule has 2 nitrogen and oxygen atoms in total. The van der Waals surface area contributed by atoms with Crippen molar-refractivity contribution in [1.29, 1.82) is 0 Å². The van der Waals surface area contributed by atoms with Crippen LogP contribution in [0.3, 0.4) is 0 Å². The third kappa shape index (κ3) is 8.64. The second-order valence-corrected chi connectivity index (χ2v) is 8.97. The van der Waals surface area contributed by atoms with Crippen LogP contribution in [0.5, 0.6) is 0 Å². The number of allylic oxidation sites excluding steroid dienone is 6. The number of benzene rings is 2. The monoisotopic (exact) mass is 465 g/mol. The van der Waals surface area contributed by atoms with Crippen LogP contribution in [0.4, 0.5) is 0 Å². The highest BCUT2D eigenvalue weighted by Crippen LogP contribution is 2.30. The maximum Gasteiger partial charge on any atom is 0.160 e. The fraction of sp³-hybridized carbons (Fsp3) is 0.273. The molecule has 0 fully saturated rings. The lowest BCUT2D eigenvalue weighted by Crippen LogP contribution is -2.05. The minimum absolute atomic E-state index is 0. The number of carbonyl (C=O) groups is 1. The summed E-state index contributed by atoms with van der Waals surface area (Å²) in [4.78, 5) is 16.5. The first kappa shape index (κ1) is 27.7. The lowest BCUT2D eigenvalue weighted by molar-refractivity contribution is 0.101. The number of pyridine rings is 1. The second kappa shape index (κ2) is 14.0. The van der Waals surface area contributed by atoms with E-state index in [4.69, 9.17) is 0 Å². The third-order valence-electron chi connectivity index (χ3n) is 6.02. The quantitative estimate of drug-likeness (QED) is 0.340. The van der Waals surface area contributed by atoms with Gasteiger partial charge in [0.1, 0.15) is 0 Å². The number of hydrogen-bond donors (Lipinski definition) is 0. The van der Waals surface area contributed by atoms with E-state index in [2.05, 4.69) is 98.6 Å². The summed E-state index contributed by atoms with van der Waals surface area (Å²) in [6, 6.07) is 20.7. The van der Waals surface area contributed by atoms with E-state index in [1.54, 1.807) is 6.92 Å². The Morgan fingerprint density at radius 1 is 0.971 bits per heavy atom. The molecule has 1 atom stereocenters. The summed E-state index contributed by atoms with van der Waals surface area (Å²) in [7, 11) is 0. The van der Waals surface area contributed by atoms with Crippen molar-refractivity contribution in [3.63, 3.8) is 0 Å². The minimum Gasteiger partial charge on any atom is -0.295 e. The molecule has 2 aromatic carbocycles. The third-order valence-corrected chi connectivity index (χ3v) is 6.02. The Balaban J connectivity index is 0.000000409. The van der Waals surface area contributed by atoms with Gasteiger partial charge in [0.2, 0.25) is 0 Å². The lowest BCUT2D eigenvalue weighted by atomic mass is 9.87. The number of hydrogen-bond acceptors (Lipinski definition) is 2. The van der Waals surface area contributed by atoms with Crippen LogP contribution < -0.4 is 0 Å². The molecule has 4 rings (SSSR count). The Bertz CT molecular complexity index is 1180. The predicted octanol–water partition coefficient (Wildman–Crippen LogP) is 9.08. The molecule has 3 aromatic rings. The number of carbonyl (C=O) groups excluding carboxylic acids is 1. The zero-order valence-electron chi connectivity index (χ0n) is 20.8. The average Bonchev–Trinajstić information content (AvgIpc) is 3.10. The van der Waals surface area contributed by atoms with Gasteiger partial charge >= 0.3 is 0 Å². The van der Waals surface area contributed by atoms with Crippen molar-refractivity contribution in [1.82, 2.24) is 4.98 Å². The molecule has 0 radical (unpaired) electrons. The van der Waals surface area contributed by atoms with Crippen LogP contribution in [0, 0.1) is 6.92 Å². The van der Waals surface area contributed by atoms with Crippen molar-refractivity contribution in [2.24, 2.45) is 0 Å². The van der Waals surface area contributed by atoms with Crippen LogP contribution in [0.1, 0.15) is 74.1 Å². The van der Waals surface area contributed by atoms with Gasteiger partial charge in [-0.1, -0.05) is 104 Å². The average molecular weight is 466 g/mol. The molecule has 0 amide bonds. The smallest absolute Gasteiger partial charge is 0.160 e. The van der Waals surface area contributed by atoms with Crippen LogP contribution in [0.2, 0.25) is 0 Å². The normalized spacial score (nSPS) is 13.0. The van der Waals surface area contributed by atoms with Crippen molar-refractivity contribution >= 4 is 5.78 Å². The van der Waals surface area contributed by atoms with E-state index in [1.165, 1.54) is 22.3 Å². The first-order valence-corrected chi connectivity index (χ1v) is 12.1. The highest BCUT2D eigenvalue weighted by Gasteiger charge is 2.15. The van der Waals surface area contributed by atoms with Gasteiger partial charge in [-0.25, -0.2) is 0 Å². The Morgan fingerprint density at radius 2 is 1.77 bits per heavy atom. The number of Topliss-reactive ketones (excluding diaryl/α,β-unsaturated/α-hetero) is 1. The van der Waals surface area contributed by atoms with Crippen molar-refractivity contribution in [3.8, 4) is 11.1 Å². The fourth-order valence-electron chi connectivity index (χ4n) is 4.05. The molecule has 0 N–H and O–H groups in total. The molecule has 0 bridgehead atoms. The Labute approximate surface area is 212 Å². The van der Waals surface area contributed by atoms with E-state index in [0.717, 1.165) is 36.1 Å². The van der Waals surface area contributed by atoms with Gasteiger partial charge in [0.05, 0.1) is 0 Å². The summed E-state index contributed by atoms with van der Waals surface area (Å²) < 4.78 is 0. The van der Waals surface area contributed by atoms with E-state index in [-0.39, 0.29) is 13.2 Å². The highest BCUT2D eigenvalue weighted by atomic mass is 16.1. The standard InChI is InChI=1S/C24H25NO.C8H10.CH4/c1-17-7-6-8-20(15-17)21-11-13-23(19(3)26)24(16-21)18(2)10-12-22-9-4-5-14-25-22;1-8-6-4-2-3-5-7-8;/h4-9,11,13-16,18H,10,12H2,1-3H3;2,4-7H,3H2,1H3;1H4. The summed E-state index contributed by atoms with van der Waals surface area (Å²) in [5.41, 5.74) is 7.99. The van der Waals surface area contributed by atoms with Crippen molar-refractivity contribution in [2.45, 2.75) is 60.3 Å². The van der Waals surface area contributed by atoms with Crippen LogP contribution in [-0.2, 0) is 6.42 Å². The van der Waals surface area contributed by atoms with Crippen molar-refractivity contribution in [2.75, 3.05) is 0 Å². The van der Waals surface area contributed by atoms with E-state index in [0.29, 0.717) is 5.92 Å². The number of aryl methyl sites for hydroxylation is 2. The minimum atomic E-state index is 0. The van der Waals surface area contributed by atoms with Gasteiger partial charge in [0, 0.05) is 17.5 Å². The van der Waals surface area contributed by atoms with Gasteiger partial charge in [-0.3, -0.25) is 9.78 Å². The van der Waals surface area contributed by atoms with Crippen molar-refractivity contribution in [3.05, 3.63) is 125 Å². The lowest BCUT2D eigenvalue weighted by Gasteiger charge is -2.17. The molecule has 0 spiro atoms.